The van der Waals surface area contributed by atoms with Crippen molar-refractivity contribution in [2.24, 2.45) is 5.92 Å². The molecule has 4 unspecified atom stereocenters. The van der Waals surface area contributed by atoms with Crippen molar-refractivity contribution in [1.82, 2.24) is 10.1 Å². The van der Waals surface area contributed by atoms with E-state index in [9.17, 15) is 0 Å². The molecule has 4 atom stereocenters. The molecule has 4 nitrogen and oxygen atoms in total. The van der Waals surface area contributed by atoms with Gasteiger partial charge in [0, 0.05) is 11.1 Å². The van der Waals surface area contributed by atoms with Gasteiger partial charge in [-0.2, -0.15) is 4.98 Å². The Kier molecular flexibility index (Phi) is 7.18. The molecule has 1 N–H and O–H groups in total. The third kappa shape index (κ3) is 4.93. The van der Waals surface area contributed by atoms with Crippen molar-refractivity contribution in [1.29, 1.82) is 0 Å². The molecular weight excluding hydrogens is 442 g/mol. The van der Waals surface area contributed by atoms with Crippen molar-refractivity contribution in [2.45, 2.75) is 76.6 Å². The topological polar surface area (TPSA) is 51.0 Å². The van der Waals surface area contributed by atoms with E-state index in [1.54, 1.807) is 0 Å². The highest BCUT2D eigenvalue weighted by molar-refractivity contribution is 6.22. The van der Waals surface area contributed by atoms with E-state index in [4.69, 9.17) is 21.1 Å². The number of nitrogens with one attached hydrogen (secondary N) is 1. The Morgan fingerprint density at radius 3 is 2.24 bits per heavy atom. The van der Waals surface area contributed by atoms with Crippen LogP contribution in [0.4, 0.5) is 5.69 Å². The highest BCUT2D eigenvalue weighted by Crippen LogP contribution is 2.40. The number of rotatable bonds is 7. The molecule has 0 bridgehead atoms. The molecule has 0 saturated carbocycles. The van der Waals surface area contributed by atoms with E-state index in [1.807, 2.05) is 18.2 Å². The molecule has 0 saturated heterocycles. The van der Waals surface area contributed by atoms with Gasteiger partial charge in [0.2, 0.25) is 0 Å². The first kappa shape index (κ1) is 24.5. The molecular formula is C29H36ClN3O. The monoisotopic (exact) mass is 477 g/mol. The van der Waals surface area contributed by atoms with Gasteiger partial charge >= 0.3 is 0 Å². The Bertz CT molecular complexity index is 1110. The van der Waals surface area contributed by atoms with Crippen molar-refractivity contribution in [2.75, 3.05) is 5.32 Å². The molecule has 1 aromatic heterocycles. The molecule has 0 amide bonds. The molecule has 0 fully saturated rings. The van der Waals surface area contributed by atoms with Crippen LogP contribution < -0.4 is 5.32 Å². The number of benzene rings is 2. The maximum Gasteiger partial charge on any atom is 0.253 e. The van der Waals surface area contributed by atoms with Crippen LogP contribution in [0.3, 0.4) is 0 Å². The van der Waals surface area contributed by atoms with Crippen LogP contribution in [0.5, 0.6) is 0 Å². The number of nitrogens with zero attached hydrogens (tertiary/aromatic N) is 2. The summed E-state index contributed by atoms with van der Waals surface area (Å²) in [5.41, 5.74) is 4.52. The zero-order valence-corrected chi connectivity index (χ0v) is 21.8. The van der Waals surface area contributed by atoms with Crippen molar-refractivity contribution in [3.63, 3.8) is 0 Å². The van der Waals surface area contributed by atoms with Crippen molar-refractivity contribution in [3.05, 3.63) is 89.1 Å². The number of hydrogen-bond acceptors (Lipinski definition) is 4. The maximum atomic E-state index is 6.43. The lowest BCUT2D eigenvalue weighted by atomic mass is 9.75. The summed E-state index contributed by atoms with van der Waals surface area (Å²) in [6.45, 7) is 13.3. The maximum absolute atomic E-state index is 6.43. The highest BCUT2D eigenvalue weighted by atomic mass is 35.5. The Balaban J connectivity index is 1.77. The zero-order chi connectivity index (χ0) is 24.5. The van der Waals surface area contributed by atoms with E-state index in [1.165, 1.54) is 11.1 Å². The lowest BCUT2D eigenvalue weighted by Gasteiger charge is -2.32. The Hall–Kier alpha value is -2.59. The number of hydrogen-bond donors (Lipinski definition) is 1. The second-order valence-corrected chi connectivity index (χ2v) is 11.0. The zero-order valence-electron chi connectivity index (χ0n) is 21.0. The quantitative estimate of drug-likeness (QED) is 0.277. The van der Waals surface area contributed by atoms with E-state index < -0.39 is 0 Å². The molecule has 1 heterocycles. The predicted molar refractivity (Wildman–Crippen MR) is 141 cm³/mol. The van der Waals surface area contributed by atoms with E-state index in [2.05, 4.69) is 94.5 Å². The summed E-state index contributed by atoms with van der Waals surface area (Å²) < 4.78 is 5.94. The van der Waals surface area contributed by atoms with E-state index in [0.29, 0.717) is 29.5 Å². The number of halogens is 1. The van der Waals surface area contributed by atoms with Gasteiger partial charge in [0.25, 0.3) is 5.89 Å². The number of allylic oxidation sites excluding steroid dienone is 2. The summed E-state index contributed by atoms with van der Waals surface area (Å²) in [4.78, 5) is 4.95. The molecule has 4 rings (SSSR count). The van der Waals surface area contributed by atoms with Crippen LogP contribution in [0, 0.1) is 5.92 Å². The van der Waals surface area contributed by atoms with Gasteiger partial charge < -0.3 is 9.84 Å². The largest absolute Gasteiger partial charge is 0.370 e. The smallest absolute Gasteiger partial charge is 0.253 e. The number of para-hydroxylation sites is 1. The first-order chi connectivity index (χ1) is 16.2. The average Bonchev–Trinajstić information content (AvgIpc) is 3.31. The summed E-state index contributed by atoms with van der Waals surface area (Å²) in [6.07, 6.45) is 5.08. The highest BCUT2D eigenvalue weighted by Gasteiger charge is 2.37. The fraction of sp³-hybridized carbons (Fsp3) is 0.448. The summed E-state index contributed by atoms with van der Waals surface area (Å²) in [5, 5.41) is 8.32. The van der Waals surface area contributed by atoms with Crippen molar-refractivity contribution < 1.29 is 4.52 Å². The summed E-state index contributed by atoms with van der Waals surface area (Å²) >= 11 is 6.43. The molecule has 5 heteroatoms. The van der Waals surface area contributed by atoms with Gasteiger partial charge in [0.15, 0.2) is 5.82 Å². The minimum absolute atomic E-state index is 0.0418. The van der Waals surface area contributed by atoms with Gasteiger partial charge in [-0.25, -0.2) is 0 Å². The molecule has 1 aliphatic rings. The van der Waals surface area contributed by atoms with Gasteiger partial charge in [-0.3, -0.25) is 0 Å². The van der Waals surface area contributed by atoms with E-state index in [-0.39, 0.29) is 16.8 Å². The summed E-state index contributed by atoms with van der Waals surface area (Å²) in [6, 6.07) is 16.6. The molecule has 0 aliphatic heterocycles. The number of anilines is 1. The van der Waals surface area contributed by atoms with Gasteiger partial charge in [0.05, 0.1) is 5.38 Å². The molecule has 2 aromatic carbocycles. The molecule has 3 aromatic rings. The lowest BCUT2D eigenvalue weighted by Crippen LogP contribution is -2.31. The van der Waals surface area contributed by atoms with Crippen LogP contribution in [0.15, 0.2) is 65.2 Å². The van der Waals surface area contributed by atoms with Crippen LogP contribution >= 0.6 is 11.6 Å². The van der Waals surface area contributed by atoms with Crippen molar-refractivity contribution in [3.8, 4) is 0 Å². The van der Waals surface area contributed by atoms with Gasteiger partial charge in [-0.05, 0) is 47.8 Å². The third-order valence-electron chi connectivity index (χ3n) is 6.93. The van der Waals surface area contributed by atoms with E-state index >= 15 is 0 Å². The first-order valence-corrected chi connectivity index (χ1v) is 12.7. The second-order valence-electron chi connectivity index (χ2n) is 10.5. The Morgan fingerprint density at radius 2 is 1.65 bits per heavy atom. The minimum atomic E-state index is -0.299. The Morgan fingerprint density at radius 1 is 1.00 bits per heavy atom. The Labute approximate surface area is 208 Å². The van der Waals surface area contributed by atoms with E-state index in [0.717, 1.165) is 17.7 Å². The average molecular weight is 478 g/mol. The number of aromatic nitrogens is 2. The normalized spacial score (nSPS) is 23.4. The molecule has 0 radical (unpaired) electrons. The minimum Gasteiger partial charge on any atom is -0.370 e. The fourth-order valence-corrected chi connectivity index (χ4v) is 5.05. The predicted octanol–water partition coefficient (Wildman–Crippen LogP) is 7.98. The molecule has 0 spiro atoms. The van der Waals surface area contributed by atoms with Gasteiger partial charge in [0.1, 0.15) is 6.04 Å². The van der Waals surface area contributed by atoms with Crippen LogP contribution in [0.2, 0.25) is 0 Å². The molecule has 34 heavy (non-hydrogen) atoms. The lowest BCUT2D eigenvalue weighted by molar-refractivity contribution is 0.339. The van der Waals surface area contributed by atoms with Crippen molar-refractivity contribution >= 4 is 17.3 Å². The van der Waals surface area contributed by atoms with Crippen LogP contribution in [-0.2, 0) is 5.41 Å². The van der Waals surface area contributed by atoms with Gasteiger partial charge in [-0.1, -0.05) is 100 Å². The third-order valence-corrected chi connectivity index (χ3v) is 7.51. The first-order valence-electron chi connectivity index (χ1n) is 12.3. The van der Waals surface area contributed by atoms with Crippen LogP contribution in [0.25, 0.3) is 0 Å². The summed E-state index contributed by atoms with van der Waals surface area (Å²) in [7, 11) is 0. The number of alkyl halides is 1. The fourth-order valence-electron chi connectivity index (χ4n) is 4.89. The molecule has 180 valence electrons. The SMILES string of the molecule is CC(C)c1cccc(C(C)C)c1NC(c1ccccc1)c1nc(C2(C)C=CC(Cl)C(C)C2)no1. The summed E-state index contributed by atoms with van der Waals surface area (Å²) in [5.74, 6) is 2.38. The van der Waals surface area contributed by atoms with Crippen LogP contribution in [0.1, 0.15) is 94.2 Å². The van der Waals surface area contributed by atoms with Gasteiger partial charge in [-0.15, -0.1) is 11.6 Å². The standard InChI is InChI=1S/C29H36ClN3O/c1-18(2)22-13-10-14-23(19(3)4)26(22)31-25(21-11-8-7-9-12-21)27-32-28(33-34-27)29(6)16-15-24(30)20(5)17-29/h7-16,18-20,24-25,31H,17H2,1-6H3. The molecule has 1 aliphatic carbocycles. The second kappa shape index (κ2) is 9.95. The van der Waals surface area contributed by atoms with Crippen LogP contribution in [-0.4, -0.2) is 15.5 Å².